The molecule has 2 fully saturated rings. The number of piperidine rings is 1. The molecule has 3 rings (SSSR count). The van der Waals surface area contributed by atoms with Gasteiger partial charge in [-0.3, -0.25) is 4.90 Å². The van der Waals surface area contributed by atoms with Crippen molar-refractivity contribution in [3.05, 3.63) is 29.8 Å². The van der Waals surface area contributed by atoms with Gasteiger partial charge in [0.05, 0.1) is 13.2 Å². The lowest BCUT2D eigenvalue weighted by Crippen LogP contribution is -2.38. The average molecular weight is 290 g/mol. The van der Waals surface area contributed by atoms with Gasteiger partial charge in [-0.25, -0.2) is 0 Å². The highest BCUT2D eigenvalue weighted by Gasteiger charge is 2.33. The quantitative estimate of drug-likeness (QED) is 0.887. The van der Waals surface area contributed by atoms with Gasteiger partial charge in [0.25, 0.3) is 0 Å². The summed E-state index contributed by atoms with van der Waals surface area (Å²) < 4.78 is 5.34. The first-order valence-corrected chi connectivity index (χ1v) is 8.03. The Kier molecular flexibility index (Phi) is 4.78. The molecule has 2 aliphatic heterocycles. The van der Waals surface area contributed by atoms with E-state index >= 15 is 0 Å². The Hall–Kier alpha value is -1.10. The van der Waals surface area contributed by atoms with Crippen molar-refractivity contribution in [1.82, 2.24) is 10.2 Å². The van der Waals surface area contributed by atoms with E-state index in [4.69, 9.17) is 4.74 Å². The molecule has 3 atom stereocenters. The number of hydrogen-bond acceptors (Lipinski definition) is 4. The van der Waals surface area contributed by atoms with Crippen LogP contribution in [0.5, 0.6) is 5.75 Å². The molecule has 0 aliphatic carbocycles. The molecule has 2 saturated heterocycles. The maximum atomic E-state index is 10.1. The third kappa shape index (κ3) is 3.57. The minimum atomic E-state index is -0.210. The summed E-state index contributed by atoms with van der Waals surface area (Å²) in [5.74, 6) is 1.60. The standard InChI is InChI=1S/C17H26N2O2/c1-21-16-6-2-5-14(8-16)17-9-15(20)12-19(17)11-13-4-3-7-18-10-13/h2,5-6,8,13,15,17-18,20H,3-4,7,9-12H2,1H3. The lowest BCUT2D eigenvalue weighted by atomic mass is 9.97. The first kappa shape index (κ1) is 14.8. The first-order valence-electron chi connectivity index (χ1n) is 8.03. The molecule has 2 aliphatic rings. The van der Waals surface area contributed by atoms with Gasteiger partial charge in [0.2, 0.25) is 0 Å². The fraction of sp³-hybridized carbons (Fsp3) is 0.647. The maximum absolute atomic E-state index is 10.1. The molecule has 2 heterocycles. The molecule has 116 valence electrons. The molecule has 21 heavy (non-hydrogen) atoms. The summed E-state index contributed by atoms with van der Waals surface area (Å²) in [7, 11) is 1.70. The number of aliphatic hydroxyl groups excluding tert-OH is 1. The number of β-amino-alcohol motifs (C(OH)–C–C–N with tert-alkyl or cyclic N) is 1. The summed E-state index contributed by atoms with van der Waals surface area (Å²) in [6.45, 7) is 4.13. The number of rotatable bonds is 4. The Balaban J connectivity index is 1.71. The Labute approximate surface area is 127 Å². The van der Waals surface area contributed by atoms with Gasteiger partial charge in [0, 0.05) is 19.1 Å². The van der Waals surface area contributed by atoms with Crippen LogP contribution in [0.4, 0.5) is 0 Å². The van der Waals surface area contributed by atoms with Crippen molar-refractivity contribution < 1.29 is 9.84 Å². The van der Waals surface area contributed by atoms with E-state index in [0.717, 1.165) is 38.3 Å². The number of nitrogens with zero attached hydrogens (tertiary/aromatic N) is 1. The molecule has 0 radical (unpaired) electrons. The summed E-state index contributed by atoms with van der Waals surface area (Å²) in [5, 5.41) is 13.6. The third-order valence-electron chi connectivity index (χ3n) is 4.75. The molecule has 0 spiro atoms. The van der Waals surface area contributed by atoms with Gasteiger partial charge in [0.15, 0.2) is 0 Å². The van der Waals surface area contributed by atoms with Crippen molar-refractivity contribution in [3.63, 3.8) is 0 Å². The van der Waals surface area contributed by atoms with Crippen LogP contribution < -0.4 is 10.1 Å². The van der Waals surface area contributed by atoms with Crippen molar-refractivity contribution >= 4 is 0 Å². The normalized spacial score (nSPS) is 30.5. The number of likely N-dealkylation sites (tertiary alicyclic amines) is 1. The van der Waals surface area contributed by atoms with E-state index in [2.05, 4.69) is 22.3 Å². The lowest BCUT2D eigenvalue weighted by molar-refractivity contribution is 0.159. The van der Waals surface area contributed by atoms with Gasteiger partial charge < -0.3 is 15.2 Å². The van der Waals surface area contributed by atoms with Crippen molar-refractivity contribution in [2.45, 2.75) is 31.4 Å². The second-order valence-electron chi connectivity index (χ2n) is 6.35. The molecule has 1 aromatic carbocycles. The number of ether oxygens (including phenoxy) is 1. The zero-order valence-corrected chi connectivity index (χ0v) is 12.8. The molecule has 2 N–H and O–H groups in total. The Morgan fingerprint density at radius 1 is 1.43 bits per heavy atom. The zero-order chi connectivity index (χ0) is 14.7. The SMILES string of the molecule is COc1cccc(C2CC(O)CN2CC2CCCNC2)c1. The molecule has 0 saturated carbocycles. The van der Waals surface area contributed by atoms with Crippen molar-refractivity contribution in [3.8, 4) is 5.75 Å². The highest BCUT2D eigenvalue weighted by Crippen LogP contribution is 2.34. The van der Waals surface area contributed by atoms with Gasteiger partial charge in [-0.1, -0.05) is 12.1 Å². The second-order valence-corrected chi connectivity index (χ2v) is 6.35. The fourth-order valence-corrected chi connectivity index (χ4v) is 3.69. The number of methoxy groups -OCH3 is 1. The molecular formula is C17H26N2O2. The summed E-state index contributed by atoms with van der Waals surface area (Å²) in [6, 6.07) is 8.59. The minimum Gasteiger partial charge on any atom is -0.497 e. The maximum Gasteiger partial charge on any atom is 0.119 e. The number of hydrogen-bond donors (Lipinski definition) is 2. The van der Waals surface area contributed by atoms with E-state index in [-0.39, 0.29) is 6.10 Å². The summed E-state index contributed by atoms with van der Waals surface area (Å²) >= 11 is 0. The van der Waals surface area contributed by atoms with Crippen LogP contribution in [0.25, 0.3) is 0 Å². The van der Waals surface area contributed by atoms with Crippen LogP contribution in [-0.4, -0.2) is 49.4 Å². The summed E-state index contributed by atoms with van der Waals surface area (Å²) in [5.41, 5.74) is 1.26. The van der Waals surface area contributed by atoms with E-state index in [1.165, 1.54) is 18.4 Å². The average Bonchev–Trinajstić information content (AvgIpc) is 2.89. The van der Waals surface area contributed by atoms with E-state index < -0.39 is 0 Å². The van der Waals surface area contributed by atoms with Gasteiger partial charge >= 0.3 is 0 Å². The van der Waals surface area contributed by atoms with Crippen molar-refractivity contribution in [2.75, 3.05) is 33.3 Å². The van der Waals surface area contributed by atoms with Crippen LogP contribution in [0.1, 0.15) is 30.9 Å². The first-order chi connectivity index (χ1) is 10.3. The third-order valence-corrected chi connectivity index (χ3v) is 4.75. The van der Waals surface area contributed by atoms with E-state index in [1.54, 1.807) is 7.11 Å². The molecular weight excluding hydrogens is 264 g/mol. The second kappa shape index (κ2) is 6.77. The number of nitrogens with one attached hydrogen (secondary N) is 1. The predicted molar refractivity (Wildman–Crippen MR) is 83.5 cm³/mol. The van der Waals surface area contributed by atoms with Crippen LogP contribution >= 0.6 is 0 Å². The van der Waals surface area contributed by atoms with Crippen LogP contribution in [0.3, 0.4) is 0 Å². The fourth-order valence-electron chi connectivity index (χ4n) is 3.69. The molecule has 4 heteroatoms. The monoisotopic (exact) mass is 290 g/mol. The summed E-state index contributed by atoms with van der Waals surface area (Å²) in [4.78, 5) is 2.46. The van der Waals surface area contributed by atoms with Gasteiger partial charge in [0.1, 0.15) is 5.75 Å². The van der Waals surface area contributed by atoms with Gasteiger partial charge in [-0.05, 0) is 56.0 Å². The highest BCUT2D eigenvalue weighted by atomic mass is 16.5. The topological polar surface area (TPSA) is 44.7 Å². The van der Waals surface area contributed by atoms with E-state index in [1.807, 2.05) is 12.1 Å². The highest BCUT2D eigenvalue weighted by molar-refractivity contribution is 5.31. The molecule has 4 nitrogen and oxygen atoms in total. The summed E-state index contributed by atoms with van der Waals surface area (Å²) in [6.07, 6.45) is 3.18. The van der Waals surface area contributed by atoms with Gasteiger partial charge in [-0.15, -0.1) is 0 Å². The molecule has 0 amide bonds. The lowest BCUT2D eigenvalue weighted by Gasteiger charge is -2.31. The number of aliphatic hydroxyl groups is 1. The largest absolute Gasteiger partial charge is 0.497 e. The van der Waals surface area contributed by atoms with Crippen LogP contribution in [0.2, 0.25) is 0 Å². The Morgan fingerprint density at radius 2 is 2.33 bits per heavy atom. The molecule has 3 unspecified atom stereocenters. The van der Waals surface area contributed by atoms with Gasteiger partial charge in [-0.2, -0.15) is 0 Å². The van der Waals surface area contributed by atoms with Crippen LogP contribution in [0, 0.1) is 5.92 Å². The Bertz CT molecular complexity index is 460. The predicted octanol–water partition coefficient (Wildman–Crippen LogP) is 1.80. The van der Waals surface area contributed by atoms with Crippen LogP contribution in [0.15, 0.2) is 24.3 Å². The van der Waals surface area contributed by atoms with E-state index in [0.29, 0.717) is 12.0 Å². The van der Waals surface area contributed by atoms with Crippen molar-refractivity contribution in [1.29, 1.82) is 0 Å². The molecule has 1 aromatic rings. The van der Waals surface area contributed by atoms with E-state index in [9.17, 15) is 5.11 Å². The molecule has 0 aromatic heterocycles. The van der Waals surface area contributed by atoms with Crippen LogP contribution in [-0.2, 0) is 0 Å². The van der Waals surface area contributed by atoms with Crippen molar-refractivity contribution in [2.24, 2.45) is 5.92 Å². The smallest absolute Gasteiger partial charge is 0.119 e. The zero-order valence-electron chi connectivity index (χ0n) is 12.8. The minimum absolute atomic E-state index is 0.210. The Morgan fingerprint density at radius 3 is 3.10 bits per heavy atom. The number of benzene rings is 1. The molecule has 0 bridgehead atoms.